The van der Waals surface area contributed by atoms with E-state index in [1.807, 2.05) is 6.92 Å². The Morgan fingerprint density at radius 2 is 2.19 bits per heavy atom. The summed E-state index contributed by atoms with van der Waals surface area (Å²) in [6.45, 7) is 12.1. The average Bonchev–Trinajstić information content (AvgIpc) is 2.25. The van der Waals surface area contributed by atoms with Crippen LogP contribution in [0.2, 0.25) is 0 Å². The minimum atomic E-state index is -0.0177. The molecule has 1 amide bonds. The molecule has 1 aliphatic rings. The number of carbonyl (C=O) groups excluding carboxylic acids is 1. The van der Waals surface area contributed by atoms with E-state index in [9.17, 15) is 4.79 Å². The van der Waals surface area contributed by atoms with Gasteiger partial charge < -0.3 is 10.6 Å². The molecular formula is C12H25N3O. The number of amides is 1. The zero-order valence-corrected chi connectivity index (χ0v) is 10.9. The van der Waals surface area contributed by atoms with Crippen LogP contribution in [0.3, 0.4) is 0 Å². The van der Waals surface area contributed by atoms with Gasteiger partial charge in [0.1, 0.15) is 0 Å². The van der Waals surface area contributed by atoms with Crippen molar-refractivity contribution in [1.82, 2.24) is 15.5 Å². The van der Waals surface area contributed by atoms with Crippen molar-refractivity contribution in [3.05, 3.63) is 0 Å². The van der Waals surface area contributed by atoms with Crippen LogP contribution in [0.4, 0.5) is 0 Å². The topological polar surface area (TPSA) is 44.4 Å². The first-order valence-electron chi connectivity index (χ1n) is 6.26. The Kier molecular flexibility index (Phi) is 5.22. The van der Waals surface area contributed by atoms with E-state index in [4.69, 9.17) is 0 Å². The Hall–Kier alpha value is -0.610. The highest BCUT2D eigenvalue weighted by molar-refractivity contribution is 5.81. The van der Waals surface area contributed by atoms with Crippen LogP contribution in [0.1, 0.15) is 27.7 Å². The summed E-state index contributed by atoms with van der Waals surface area (Å²) < 4.78 is 0. The lowest BCUT2D eigenvalue weighted by atomic mass is 10.1. The van der Waals surface area contributed by atoms with Crippen molar-refractivity contribution < 1.29 is 4.79 Å². The summed E-state index contributed by atoms with van der Waals surface area (Å²) in [6.07, 6.45) is 0. The molecule has 0 bridgehead atoms. The van der Waals surface area contributed by atoms with Gasteiger partial charge in [0.05, 0.1) is 6.04 Å². The number of nitrogens with one attached hydrogen (secondary N) is 2. The lowest BCUT2D eigenvalue weighted by molar-refractivity contribution is -0.127. The van der Waals surface area contributed by atoms with Crippen molar-refractivity contribution in [3.8, 4) is 0 Å². The van der Waals surface area contributed by atoms with Gasteiger partial charge in [0.2, 0.25) is 5.91 Å². The molecular weight excluding hydrogens is 202 g/mol. The molecule has 0 aromatic heterocycles. The molecule has 2 N–H and O–H groups in total. The maximum atomic E-state index is 11.9. The van der Waals surface area contributed by atoms with Crippen molar-refractivity contribution in [3.63, 3.8) is 0 Å². The first-order valence-corrected chi connectivity index (χ1v) is 6.26. The van der Waals surface area contributed by atoms with Crippen molar-refractivity contribution in [2.45, 2.75) is 39.8 Å². The molecule has 0 aromatic rings. The van der Waals surface area contributed by atoms with Gasteiger partial charge in [0.15, 0.2) is 0 Å². The average molecular weight is 227 g/mol. The summed E-state index contributed by atoms with van der Waals surface area (Å²) in [7, 11) is 0. The number of carbonyl (C=O) groups is 1. The predicted octanol–water partition coefficient (Wildman–Crippen LogP) is 0.441. The number of hydrogen-bond donors (Lipinski definition) is 2. The van der Waals surface area contributed by atoms with E-state index in [1.165, 1.54) is 0 Å². The van der Waals surface area contributed by atoms with E-state index in [2.05, 4.69) is 36.3 Å². The van der Waals surface area contributed by atoms with Crippen LogP contribution in [0.15, 0.2) is 0 Å². The van der Waals surface area contributed by atoms with Crippen LogP contribution in [0, 0.1) is 5.92 Å². The van der Waals surface area contributed by atoms with Gasteiger partial charge in [-0.2, -0.15) is 0 Å². The van der Waals surface area contributed by atoms with Gasteiger partial charge >= 0.3 is 0 Å². The molecule has 1 heterocycles. The van der Waals surface area contributed by atoms with Gasteiger partial charge in [0.25, 0.3) is 0 Å². The largest absolute Gasteiger partial charge is 0.354 e. The van der Waals surface area contributed by atoms with Crippen LogP contribution in [0.25, 0.3) is 0 Å². The zero-order chi connectivity index (χ0) is 12.1. The number of nitrogens with zero attached hydrogens (tertiary/aromatic N) is 1. The fraction of sp³-hybridized carbons (Fsp3) is 0.917. The van der Waals surface area contributed by atoms with Gasteiger partial charge in [0, 0.05) is 32.2 Å². The third kappa shape index (κ3) is 3.76. The van der Waals surface area contributed by atoms with E-state index < -0.39 is 0 Å². The summed E-state index contributed by atoms with van der Waals surface area (Å²) >= 11 is 0. The maximum Gasteiger partial charge on any atom is 0.237 e. The lowest BCUT2D eigenvalue weighted by Gasteiger charge is -2.37. The second-order valence-electron chi connectivity index (χ2n) is 5.11. The fourth-order valence-electron chi connectivity index (χ4n) is 2.04. The van der Waals surface area contributed by atoms with Crippen molar-refractivity contribution in [2.75, 3.05) is 26.2 Å². The molecule has 0 spiro atoms. The third-order valence-electron chi connectivity index (χ3n) is 3.11. The highest BCUT2D eigenvalue weighted by atomic mass is 16.2. The van der Waals surface area contributed by atoms with Crippen LogP contribution in [-0.2, 0) is 4.79 Å². The molecule has 0 aliphatic carbocycles. The standard InChI is InChI=1S/C12H25N3O/c1-9(2)7-14-12(16)11(4)15-6-5-13-8-10(15)3/h9-11,13H,5-8H2,1-4H3,(H,14,16)/t10-,11?/m1/s1. The minimum absolute atomic E-state index is 0.0177. The second-order valence-corrected chi connectivity index (χ2v) is 5.11. The number of rotatable bonds is 4. The monoisotopic (exact) mass is 227 g/mol. The molecule has 4 heteroatoms. The van der Waals surface area contributed by atoms with Crippen molar-refractivity contribution in [1.29, 1.82) is 0 Å². The number of piperazine rings is 1. The lowest BCUT2D eigenvalue weighted by Crippen LogP contribution is -2.57. The van der Waals surface area contributed by atoms with Gasteiger partial charge in [-0.25, -0.2) is 0 Å². The molecule has 0 radical (unpaired) electrons. The van der Waals surface area contributed by atoms with E-state index in [0.29, 0.717) is 12.0 Å². The van der Waals surface area contributed by atoms with Gasteiger partial charge in [-0.15, -0.1) is 0 Å². The zero-order valence-electron chi connectivity index (χ0n) is 10.9. The quantitative estimate of drug-likeness (QED) is 0.732. The molecule has 1 rings (SSSR count). The van der Waals surface area contributed by atoms with Crippen LogP contribution in [0.5, 0.6) is 0 Å². The van der Waals surface area contributed by atoms with E-state index in [-0.39, 0.29) is 11.9 Å². The van der Waals surface area contributed by atoms with Gasteiger partial charge in [-0.1, -0.05) is 13.8 Å². The first kappa shape index (κ1) is 13.5. The van der Waals surface area contributed by atoms with Crippen molar-refractivity contribution in [2.24, 2.45) is 5.92 Å². The molecule has 0 saturated carbocycles. The molecule has 1 saturated heterocycles. The van der Waals surface area contributed by atoms with E-state index in [1.54, 1.807) is 0 Å². The molecule has 2 atom stereocenters. The molecule has 4 nitrogen and oxygen atoms in total. The molecule has 1 aliphatic heterocycles. The summed E-state index contributed by atoms with van der Waals surface area (Å²) in [6, 6.07) is 0.421. The molecule has 1 fully saturated rings. The summed E-state index contributed by atoms with van der Waals surface area (Å²) in [5, 5.41) is 6.33. The molecule has 16 heavy (non-hydrogen) atoms. The first-order chi connectivity index (χ1) is 7.52. The Balaban J connectivity index is 2.42. The second kappa shape index (κ2) is 6.21. The highest BCUT2D eigenvalue weighted by Crippen LogP contribution is 2.08. The molecule has 0 aromatic carbocycles. The van der Waals surface area contributed by atoms with E-state index in [0.717, 1.165) is 26.2 Å². The van der Waals surface area contributed by atoms with Crippen molar-refractivity contribution >= 4 is 5.91 Å². The number of hydrogen-bond acceptors (Lipinski definition) is 3. The normalized spacial score (nSPS) is 24.4. The Labute approximate surface area is 98.8 Å². The van der Waals surface area contributed by atoms with E-state index >= 15 is 0 Å². The third-order valence-corrected chi connectivity index (χ3v) is 3.11. The Morgan fingerprint density at radius 1 is 1.50 bits per heavy atom. The Bertz CT molecular complexity index is 230. The maximum absolute atomic E-state index is 11.9. The van der Waals surface area contributed by atoms with Crippen LogP contribution in [-0.4, -0.2) is 49.1 Å². The highest BCUT2D eigenvalue weighted by Gasteiger charge is 2.27. The van der Waals surface area contributed by atoms with Crippen LogP contribution < -0.4 is 10.6 Å². The Morgan fingerprint density at radius 3 is 2.75 bits per heavy atom. The van der Waals surface area contributed by atoms with Crippen LogP contribution >= 0.6 is 0 Å². The minimum Gasteiger partial charge on any atom is -0.354 e. The summed E-state index contributed by atoms with van der Waals surface area (Å²) in [4.78, 5) is 14.2. The fourth-order valence-corrected chi connectivity index (χ4v) is 2.04. The summed E-state index contributed by atoms with van der Waals surface area (Å²) in [5.41, 5.74) is 0. The SMILES string of the molecule is CC(C)CNC(=O)C(C)N1CCNC[C@H]1C. The van der Waals surface area contributed by atoms with Gasteiger partial charge in [-0.05, 0) is 19.8 Å². The molecule has 94 valence electrons. The smallest absolute Gasteiger partial charge is 0.237 e. The molecule has 1 unspecified atom stereocenters. The van der Waals surface area contributed by atoms with Gasteiger partial charge in [-0.3, -0.25) is 9.69 Å². The summed E-state index contributed by atoms with van der Waals surface area (Å²) in [5.74, 6) is 0.666. The predicted molar refractivity (Wildman–Crippen MR) is 66.3 cm³/mol.